The largest absolute Gasteiger partial charge is 0.356 e. The Balaban J connectivity index is 1.62. The zero-order valence-corrected chi connectivity index (χ0v) is 21.4. The van der Waals surface area contributed by atoms with Gasteiger partial charge in [-0.3, -0.25) is 24.7 Å². The average molecular weight is 507 g/mol. The highest BCUT2D eigenvalue weighted by Crippen LogP contribution is 2.12. The lowest BCUT2D eigenvalue weighted by Crippen LogP contribution is -2.57. The van der Waals surface area contributed by atoms with Gasteiger partial charge in [0.2, 0.25) is 11.8 Å². The number of aromatic amines is 1. The molecule has 0 aliphatic heterocycles. The molecule has 11 heteroatoms. The van der Waals surface area contributed by atoms with Gasteiger partial charge in [-0.05, 0) is 19.5 Å². The van der Waals surface area contributed by atoms with Gasteiger partial charge in [0, 0.05) is 63.3 Å². The highest BCUT2D eigenvalue weighted by molar-refractivity contribution is 5.92. The van der Waals surface area contributed by atoms with E-state index in [4.69, 9.17) is 0 Å². The molecule has 5 N–H and O–H groups in total. The lowest BCUT2D eigenvalue weighted by molar-refractivity contribution is -0.122. The molecule has 0 radical (unpaired) electrons. The van der Waals surface area contributed by atoms with Crippen molar-refractivity contribution in [3.63, 3.8) is 0 Å². The Bertz CT molecular complexity index is 1150. The first-order chi connectivity index (χ1) is 17.8. The van der Waals surface area contributed by atoms with E-state index in [0.717, 1.165) is 11.3 Å². The second kappa shape index (κ2) is 13.3. The molecule has 11 nitrogen and oxygen atoms in total. The summed E-state index contributed by atoms with van der Waals surface area (Å²) < 4.78 is 0. The number of hydrogen-bond donors (Lipinski definition) is 5. The van der Waals surface area contributed by atoms with Crippen molar-refractivity contribution in [3.05, 3.63) is 77.9 Å². The summed E-state index contributed by atoms with van der Waals surface area (Å²) in [5.74, 6) is -0.713. The van der Waals surface area contributed by atoms with Crippen molar-refractivity contribution in [1.82, 2.24) is 41.2 Å². The molecule has 196 valence electrons. The van der Waals surface area contributed by atoms with E-state index in [1.54, 1.807) is 25.8 Å². The number of nitrogens with one attached hydrogen (secondary N) is 5. The molecule has 1 aromatic carbocycles. The number of hydrogen-bond acceptors (Lipinski definition) is 7. The van der Waals surface area contributed by atoms with Crippen molar-refractivity contribution in [3.8, 4) is 0 Å². The van der Waals surface area contributed by atoms with Gasteiger partial charge in [-0.15, -0.1) is 0 Å². The third kappa shape index (κ3) is 9.12. The molecule has 3 rings (SSSR count). The number of amides is 3. The number of likely N-dealkylation sites (N-methyl/N-ethyl adjacent to an activating group) is 1. The third-order valence-corrected chi connectivity index (χ3v) is 5.85. The van der Waals surface area contributed by atoms with E-state index in [1.807, 2.05) is 37.3 Å². The summed E-state index contributed by atoms with van der Waals surface area (Å²) in [6.45, 7) is 3.58. The smallest absolute Gasteiger partial charge is 0.272 e. The Kier molecular flexibility index (Phi) is 9.84. The molecule has 0 saturated carbocycles. The van der Waals surface area contributed by atoms with E-state index in [-0.39, 0.29) is 42.4 Å². The monoisotopic (exact) mass is 506 g/mol. The molecule has 3 amide bonds. The van der Waals surface area contributed by atoms with Crippen molar-refractivity contribution >= 4 is 17.7 Å². The van der Waals surface area contributed by atoms with Crippen LogP contribution in [0.2, 0.25) is 0 Å². The van der Waals surface area contributed by atoms with Crippen LogP contribution >= 0.6 is 0 Å². The molecule has 1 unspecified atom stereocenters. The van der Waals surface area contributed by atoms with Crippen LogP contribution in [0.4, 0.5) is 0 Å². The van der Waals surface area contributed by atoms with Gasteiger partial charge in [0.1, 0.15) is 5.69 Å². The maximum absolute atomic E-state index is 12.9. The van der Waals surface area contributed by atoms with Gasteiger partial charge in [0.05, 0.1) is 23.9 Å². The lowest BCUT2D eigenvalue weighted by atomic mass is 10.0. The van der Waals surface area contributed by atoms with E-state index in [1.165, 1.54) is 13.1 Å². The van der Waals surface area contributed by atoms with Crippen LogP contribution in [-0.2, 0) is 28.9 Å². The quantitative estimate of drug-likeness (QED) is 0.216. The molecule has 0 bridgehead atoms. The summed E-state index contributed by atoms with van der Waals surface area (Å²) in [6.07, 6.45) is 7.94. The van der Waals surface area contributed by atoms with E-state index < -0.39 is 5.66 Å². The predicted octanol–water partition coefficient (Wildman–Crippen LogP) is 0.904. The molecular weight excluding hydrogens is 472 g/mol. The maximum atomic E-state index is 12.9. The number of aromatic nitrogens is 4. The lowest BCUT2D eigenvalue weighted by Gasteiger charge is -2.30. The summed E-state index contributed by atoms with van der Waals surface area (Å²) in [6, 6.07) is 9.61. The molecule has 0 aliphatic carbocycles. The number of carbonyl (C=O) groups excluding carboxylic acids is 3. The zero-order chi connectivity index (χ0) is 26.7. The maximum Gasteiger partial charge on any atom is 0.272 e. The molecule has 0 aliphatic rings. The Morgan fingerprint density at radius 3 is 2.46 bits per heavy atom. The molecule has 0 spiro atoms. The number of imidazole rings is 1. The van der Waals surface area contributed by atoms with Crippen LogP contribution in [0.25, 0.3) is 0 Å². The first-order valence-corrected chi connectivity index (χ1v) is 12.1. The van der Waals surface area contributed by atoms with Gasteiger partial charge < -0.3 is 20.9 Å². The highest BCUT2D eigenvalue weighted by Gasteiger charge is 2.26. The van der Waals surface area contributed by atoms with E-state index >= 15 is 0 Å². The first-order valence-electron chi connectivity index (χ1n) is 12.1. The summed E-state index contributed by atoms with van der Waals surface area (Å²) in [5, 5.41) is 11.8. The van der Waals surface area contributed by atoms with Crippen LogP contribution in [0.5, 0.6) is 0 Å². The Morgan fingerprint density at radius 2 is 1.84 bits per heavy atom. The van der Waals surface area contributed by atoms with Crippen LogP contribution in [0.1, 0.15) is 47.7 Å². The van der Waals surface area contributed by atoms with Gasteiger partial charge in [0.15, 0.2) is 0 Å². The summed E-state index contributed by atoms with van der Waals surface area (Å²) in [4.78, 5) is 52.2. The topological polar surface area (TPSA) is 154 Å². The first kappa shape index (κ1) is 27.5. The SMILES string of the molecule is CN[C@@](C)(Cc1ccccc1)NC(=O)c1cnc(CC(Cc2cnc[nH]2)NC(=O)CCNC(C)=O)cn1. The van der Waals surface area contributed by atoms with Crippen LogP contribution in [0, 0.1) is 0 Å². The fourth-order valence-electron chi connectivity index (χ4n) is 3.83. The van der Waals surface area contributed by atoms with E-state index in [9.17, 15) is 14.4 Å². The fourth-order valence-corrected chi connectivity index (χ4v) is 3.83. The number of H-pyrrole nitrogens is 1. The number of rotatable bonds is 13. The second-order valence-corrected chi connectivity index (χ2v) is 9.07. The minimum Gasteiger partial charge on any atom is -0.356 e. The van der Waals surface area contributed by atoms with Gasteiger partial charge in [-0.1, -0.05) is 30.3 Å². The standard InChI is InChI=1S/C26H34N8O3/c1-18(35)29-10-9-24(36)33-20(11-21-14-28-17-32-21)12-22-15-31-23(16-30-22)25(37)34-26(2,27-3)13-19-7-5-4-6-8-19/h4-8,14-17,20,27H,9-13H2,1-3H3,(H,28,32)(H,29,35)(H,33,36)(H,34,37)/t20?,26-/m1/s1. The molecule has 2 aromatic heterocycles. The van der Waals surface area contributed by atoms with Crippen LogP contribution in [0.3, 0.4) is 0 Å². The molecule has 37 heavy (non-hydrogen) atoms. The van der Waals surface area contributed by atoms with Crippen molar-refractivity contribution in [2.45, 2.75) is 51.2 Å². The normalized spacial score (nSPS) is 13.3. The molecule has 2 heterocycles. The number of carbonyl (C=O) groups is 3. The van der Waals surface area contributed by atoms with Crippen molar-refractivity contribution in [1.29, 1.82) is 0 Å². The zero-order valence-electron chi connectivity index (χ0n) is 21.4. The molecule has 3 aromatic rings. The molecule has 2 atom stereocenters. The van der Waals surface area contributed by atoms with E-state index in [0.29, 0.717) is 25.0 Å². The molecule has 0 fully saturated rings. The number of nitrogens with zero attached hydrogens (tertiary/aromatic N) is 3. The van der Waals surface area contributed by atoms with Gasteiger partial charge in [-0.2, -0.15) is 0 Å². The van der Waals surface area contributed by atoms with Crippen LogP contribution in [-0.4, -0.2) is 63.0 Å². The minimum atomic E-state index is -0.671. The number of benzene rings is 1. The Morgan fingerprint density at radius 1 is 1.05 bits per heavy atom. The van der Waals surface area contributed by atoms with Gasteiger partial charge >= 0.3 is 0 Å². The molecular formula is C26H34N8O3. The summed E-state index contributed by atoms with van der Waals surface area (Å²) in [7, 11) is 1.79. The van der Waals surface area contributed by atoms with E-state index in [2.05, 4.69) is 41.2 Å². The van der Waals surface area contributed by atoms with Crippen LogP contribution in [0.15, 0.2) is 55.2 Å². The molecule has 0 saturated heterocycles. The Hall–Kier alpha value is -4.12. The predicted molar refractivity (Wildman–Crippen MR) is 138 cm³/mol. The fraction of sp³-hybridized carbons (Fsp3) is 0.385. The van der Waals surface area contributed by atoms with Crippen molar-refractivity contribution in [2.24, 2.45) is 0 Å². The summed E-state index contributed by atoms with van der Waals surface area (Å²) >= 11 is 0. The third-order valence-electron chi connectivity index (χ3n) is 5.85. The highest BCUT2D eigenvalue weighted by atomic mass is 16.2. The van der Waals surface area contributed by atoms with Crippen molar-refractivity contribution in [2.75, 3.05) is 13.6 Å². The van der Waals surface area contributed by atoms with Gasteiger partial charge in [-0.25, -0.2) is 9.97 Å². The van der Waals surface area contributed by atoms with Crippen LogP contribution < -0.4 is 21.3 Å². The van der Waals surface area contributed by atoms with Crippen molar-refractivity contribution < 1.29 is 14.4 Å². The average Bonchev–Trinajstić information content (AvgIpc) is 3.38. The summed E-state index contributed by atoms with van der Waals surface area (Å²) in [5.41, 5.74) is 2.10. The second-order valence-electron chi connectivity index (χ2n) is 9.07. The minimum absolute atomic E-state index is 0.164. The Labute approximate surface area is 216 Å². The van der Waals surface area contributed by atoms with Gasteiger partial charge in [0.25, 0.3) is 5.91 Å².